The highest BCUT2D eigenvalue weighted by atomic mass is 33.1. The lowest BCUT2D eigenvalue weighted by Crippen LogP contribution is -2.00. The Morgan fingerprint density at radius 1 is 0.952 bits per heavy atom. The third-order valence-corrected chi connectivity index (χ3v) is 7.00. The fourth-order valence-corrected chi connectivity index (χ4v) is 5.38. The molecule has 21 heavy (non-hydrogen) atoms. The summed E-state index contributed by atoms with van der Waals surface area (Å²) in [6.07, 6.45) is 8.18. The van der Waals surface area contributed by atoms with Crippen LogP contribution >= 0.6 is 21.6 Å². The van der Waals surface area contributed by atoms with E-state index in [-0.39, 0.29) is 0 Å². The first-order valence-electron chi connectivity index (χ1n) is 8.32. The van der Waals surface area contributed by atoms with Gasteiger partial charge in [-0.1, -0.05) is 21.6 Å². The molecule has 2 rings (SSSR count). The van der Waals surface area contributed by atoms with Crippen molar-refractivity contribution in [2.45, 2.75) is 44.9 Å². The first-order valence-corrected chi connectivity index (χ1v) is 10.8. The van der Waals surface area contributed by atoms with Crippen molar-refractivity contribution in [3.8, 4) is 11.8 Å². The summed E-state index contributed by atoms with van der Waals surface area (Å²) < 4.78 is 5.79. The summed E-state index contributed by atoms with van der Waals surface area (Å²) in [6, 6.07) is 0. The average Bonchev–Trinajstić information content (AvgIpc) is 3.10. The van der Waals surface area contributed by atoms with E-state index < -0.39 is 0 Å². The number of hydrogen-bond donors (Lipinski definition) is 1. The minimum Gasteiger partial charge on any atom is -0.396 e. The minimum atomic E-state index is 0.311. The van der Waals surface area contributed by atoms with Crippen LogP contribution in [0.1, 0.15) is 44.9 Å². The van der Waals surface area contributed by atoms with E-state index in [1.54, 1.807) is 0 Å². The van der Waals surface area contributed by atoms with Gasteiger partial charge in [-0.2, -0.15) is 0 Å². The predicted molar refractivity (Wildman–Crippen MR) is 93.4 cm³/mol. The van der Waals surface area contributed by atoms with Crippen LogP contribution in [-0.2, 0) is 4.74 Å². The van der Waals surface area contributed by atoms with Gasteiger partial charge in [0.15, 0.2) is 0 Å². The molecule has 1 fully saturated rings. The van der Waals surface area contributed by atoms with Gasteiger partial charge < -0.3 is 9.84 Å². The molecule has 0 aromatic heterocycles. The Morgan fingerprint density at radius 2 is 1.62 bits per heavy atom. The predicted octanol–water partition coefficient (Wildman–Crippen LogP) is 3.99. The first kappa shape index (κ1) is 17.5. The van der Waals surface area contributed by atoms with E-state index in [4.69, 9.17) is 9.84 Å². The molecule has 1 saturated carbocycles. The van der Waals surface area contributed by atoms with Gasteiger partial charge in [0.25, 0.3) is 0 Å². The summed E-state index contributed by atoms with van der Waals surface area (Å²) in [4.78, 5) is 0. The summed E-state index contributed by atoms with van der Waals surface area (Å²) in [6.45, 7) is 2.16. The van der Waals surface area contributed by atoms with Crippen LogP contribution in [0.5, 0.6) is 0 Å². The molecule has 0 aromatic rings. The van der Waals surface area contributed by atoms with Crippen molar-refractivity contribution >= 4 is 21.6 Å². The lowest BCUT2D eigenvalue weighted by Gasteiger charge is -2.04. The molecule has 4 heteroatoms. The Bertz CT molecular complexity index is 319. The molecule has 0 aliphatic heterocycles. The molecule has 0 saturated heterocycles. The zero-order valence-corrected chi connectivity index (χ0v) is 14.5. The molecule has 1 N–H and O–H groups in total. The molecule has 0 spiro atoms. The number of hydrogen-bond acceptors (Lipinski definition) is 4. The monoisotopic (exact) mass is 328 g/mol. The van der Waals surface area contributed by atoms with E-state index in [1.807, 2.05) is 21.6 Å². The van der Waals surface area contributed by atoms with Gasteiger partial charge in [-0.05, 0) is 49.9 Å². The third-order valence-electron chi connectivity index (χ3n) is 4.42. The molecule has 120 valence electrons. The second-order valence-electron chi connectivity index (χ2n) is 5.90. The number of aliphatic hydroxyl groups is 1. The Balaban J connectivity index is 1.38. The molecule has 0 radical (unpaired) electrons. The highest BCUT2D eigenvalue weighted by molar-refractivity contribution is 8.76. The molecule has 2 aliphatic rings. The van der Waals surface area contributed by atoms with Gasteiger partial charge in [0.2, 0.25) is 0 Å². The average molecular weight is 329 g/mol. The lowest BCUT2D eigenvalue weighted by molar-refractivity contribution is 0.127. The number of rotatable bonds is 11. The number of ether oxygens (including phenoxy) is 1. The van der Waals surface area contributed by atoms with E-state index in [0.29, 0.717) is 6.61 Å². The van der Waals surface area contributed by atoms with Crippen LogP contribution in [-0.4, -0.2) is 36.4 Å². The van der Waals surface area contributed by atoms with Crippen molar-refractivity contribution in [1.29, 1.82) is 0 Å². The first-order chi connectivity index (χ1) is 10.4. The van der Waals surface area contributed by atoms with Crippen LogP contribution in [0.2, 0.25) is 0 Å². The largest absolute Gasteiger partial charge is 0.396 e. The van der Waals surface area contributed by atoms with Crippen LogP contribution in [0.15, 0.2) is 0 Å². The van der Waals surface area contributed by atoms with Crippen molar-refractivity contribution in [2.75, 3.05) is 31.3 Å². The number of fused-ring (bicyclic) bond motifs is 1. The maximum Gasteiger partial charge on any atom is 0.0474 e. The lowest BCUT2D eigenvalue weighted by atomic mass is 10.1. The van der Waals surface area contributed by atoms with Gasteiger partial charge in [0.05, 0.1) is 0 Å². The fraction of sp³-hybridized carbons (Fsp3) is 0.882. The molecular weight excluding hydrogens is 300 g/mol. The van der Waals surface area contributed by atoms with E-state index >= 15 is 0 Å². The highest BCUT2D eigenvalue weighted by Gasteiger charge is 2.47. The van der Waals surface area contributed by atoms with E-state index in [2.05, 4.69) is 11.8 Å². The molecule has 0 aromatic carbocycles. The Hall–Kier alpha value is 0.180. The molecule has 0 amide bonds. The highest BCUT2D eigenvalue weighted by Crippen LogP contribution is 2.54. The Labute approximate surface area is 137 Å². The number of aliphatic hydroxyl groups excluding tert-OH is 1. The zero-order valence-electron chi connectivity index (χ0n) is 12.9. The Kier molecular flexibility index (Phi) is 9.04. The maximum atomic E-state index is 8.67. The van der Waals surface area contributed by atoms with Crippen LogP contribution < -0.4 is 0 Å². The summed E-state index contributed by atoms with van der Waals surface area (Å²) in [5.41, 5.74) is 0. The summed E-state index contributed by atoms with van der Waals surface area (Å²) in [5.74, 6) is 11.6. The van der Waals surface area contributed by atoms with Crippen molar-refractivity contribution in [3.05, 3.63) is 0 Å². The van der Waals surface area contributed by atoms with Crippen molar-refractivity contribution in [1.82, 2.24) is 0 Å². The molecule has 0 bridgehead atoms. The Morgan fingerprint density at radius 3 is 2.29 bits per heavy atom. The topological polar surface area (TPSA) is 29.5 Å². The van der Waals surface area contributed by atoms with Crippen molar-refractivity contribution < 1.29 is 9.84 Å². The van der Waals surface area contributed by atoms with Crippen LogP contribution in [0.4, 0.5) is 0 Å². The van der Waals surface area contributed by atoms with Gasteiger partial charge in [-0.3, -0.25) is 0 Å². The van der Waals surface area contributed by atoms with Crippen LogP contribution in [0.3, 0.4) is 0 Å². The van der Waals surface area contributed by atoms with Crippen molar-refractivity contribution in [3.63, 3.8) is 0 Å². The van der Waals surface area contributed by atoms with Crippen LogP contribution in [0, 0.1) is 29.6 Å². The quantitative estimate of drug-likeness (QED) is 0.353. The van der Waals surface area contributed by atoms with Gasteiger partial charge in [0, 0.05) is 44.2 Å². The standard InChI is InChI=1S/C17H28O2S2/c18-10-5-13-20-21-14-6-11-19-12-9-17-15-7-3-1-2-4-8-16(15)17/h15-18H,3-14H2. The zero-order chi connectivity index (χ0) is 14.8. The minimum absolute atomic E-state index is 0.311. The smallest absolute Gasteiger partial charge is 0.0474 e. The second kappa shape index (κ2) is 10.8. The normalized spacial score (nSPS) is 27.2. The summed E-state index contributed by atoms with van der Waals surface area (Å²) in [7, 11) is 3.77. The fourth-order valence-electron chi connectivity index (χ4n) is 3.25. The molecular formula is C17H28O2S2. The molecule has 2 aliphatic carbocycles. The van der Waals surface area contributed by atoms with E-state index in [0.717, 1.165) is 68.2 Å². The summed E-state index contributed by atoms with van der Waals surface area (Å²) >= 11 is 0. The summed E-state index contributed by atoms with van der Waals surface area (Å²) in [5, 5.41) is 8.67. The molecule has 2 unspecified atom stereocenters. The molecule has 2 atom stereocenters. The molecule has 2 nitrogen and oxygen atoms in total. The van der Waals surface area contributed by atoms with Gasteiger partial charge in [-0.25, -0.2) is 0 Å². The SMILES string of the molecule is OCCCSSCCCOCCC1C2CCC#CCCC21. The molecule has 0 heterocycles. The van der Waals surface area contributed by atoms with E-state index in [1.165, 1.54) is 19.3 Å². The second-order valence-corrected chi connectivity index (χ2v) is 8.60. The van der Waals surface area contributed by atoms with Crippen LogP contribution in [0.25, 0.3) is 0 Å². The third kappa shape index (κ3) is 6.86. The van der Waals surface area contributed by atoms with Gasteiger partial charge in [0.1, 0.15) is 0 Å². The van der Waals surface area contributed by atoms with Gasteiger partial charge >= 0.3 is 0 Å². The van der Waals surface area contributed by atoms with Crippen molar-refractivity contribution in [2.24, 2.45) is 17.8 Å². The van der Waals surface area contributed by atoms with Gasteiger partial charge in [-0.15, -0.1) is 11.8 Å². The van der Waals surface area contributed by atoms with E-state index in [9.17, 15) is 0 Å². The maximum absolute atomic E-state index is 8.67.